The van der Waals surface area contributed by atoms with Crippen LogP contribution in [0.15, 0.2) is 18.5 Å². The highest BCUT2D eigenvalue weighted by Gasteiger charge is 2.32. The van der Waals surface area contributed by atoms with Crippen LogP contribution in [-0.4, -0.2) is 84.4 Å². The van der Waals surface area contributed by atoms with Gasteiger partial charge < -0.3 is 9.64 Å². The molecule has 0 radical (unpaired) electrons. The fraction of sp³-hybridized carbons (Fsp3) is 0.688. The third kappa shape index (κ3) is 4.88. The largest absolute Gasteiger partial charge is 0.460 e. The summed E-state index contributed by atoms with van der Waals surface area (Å²) in [6.07, 6.45) is 5.39. The number of sulfone groups is 1. The molecule has 1 atom stereocenters. The number of carbonyl (C=O) groups is 1. The van der Waals surface area contributed by atoms with Crippen LogP contribution < -0.4 is 4.74 Å². The molecule has 138 valence electrons. The molecule has 0 aromatic carbocycles. The maximum atomic E-state index is 12.5. The molecule has 25 heavy (non-hydrogen) atoms. The SMILES string of the molecule is CN(CC(=O)N1CCC(Oc2ncccn2)CC1)[C@@H]1CCS(=O)(=O)C1. The van der Waals surface area contributed by atoms with Crippen LogP contribution in [0, 0.1) is 0 Å². The summed E-state index contributed by atoms with van der Waals surface area (Å²) in [5.74, 6) is 0.422. The van der Waals surface area contributed by atoms with E-state index in [4.69, 9.17) is 4.74 Å². The molecular weight excluding hydrogens is 344 g/mol. The lowest BCUT2D eigenvalue weighted by atomic mass is 10.1. The van der Waals surface area contributed by atoms with Crippen LogP contribution in [-0.2, 0) is 14.6 Å². The first-order chi connectivity index (χ1) is 11.9. The third-order valence-corrected chi connectivity index (χ3v) is 6.58. The van der Waals surface area contributed by atoms with E-state index in [1.807, 2.05) is 16.8 Å². The van der Waals surface area contributed by atoms with Gasteiger partial charge in [-0.25, -0.2) is 18.4 Å². The molecule has 2 aliphatic rings. The van der Waals surface area contributed by atoms with Crippen LogP contribution in [0.2, 0.25) is 0 Å². The van der Waals surface area contributed by atoms with E-state index in [0.717, 1.165) is 12.8 Å². The molecule has 0 saturated carbocycles. The zero-order chi connectivity index (χ0) is 17.9. The standard InChI is InChI=1S/C16H24N4O4S/c1-19(13-5-10-25(22,23)12-13)11-15(21)20-8-3-14(4-9-20)24-16-17-6-2-7-18-16/h2,6-7,13-14H,3-5,8-12H2,1H3/t13-/m1/s1. The van der Waals surface area contributed by atoms with E-state index in [0.29, 0.717) is 25.5 Å². The lowest BCUT2D eigenvalue weighted by Crippen LogP contribution is -2.47. The van der Waals surface area contributed by atoms with Gasteiger partial charge in [-0.2, -0.15) is 0 Å². The quantitative estimate of drug-likeness (QED) is 0.720. The number of rotatable bonds is 5. The fourth-order valence-electron chi connectivity index (χ4n) is 3.28. The Labute approximate surface area is 148 Å². The summed E-state index contributed by atoms with van der Waals surface area (Å²) in [4.78, 5) is 24.3. The summed E-state index contributed by atoms with van der Waals surface area (Å²) >= 11 is 0. The number of nitrogens with zero attached hydrogens (tertiary/aromatic N) is 4. The second-order valence-electron chi connectivity index (χ2n) is 6.70. The maximum absolute atomic E-state index is 12.5. The number of hydrogen-bond donors (Lipinski definition) is 0. The van der Waals surface area contributed by atoms with Crippen LogP contribution in [0.5, 0.6) is 6.01 Å². The van der Waals surface area contributed by atoms with Gasteiger partial charge in [-0.3, -0.25) is 9.69 Å². The molecule has 1 aromatic rings. The predicted octanol–water partition coefficient (Wildman–Crippen LogP) is -0.0347. The molecule has 0 N–H and O–H groups in total. The van der Waals surface area contributed by atoms with Crippen molar-refractivity contribution in [1.29, 1.82) is 0 Å². The smallest absolute Gasteiger partial charge is 0.316 e. The number of amides is 1. The van der Waals surface area contributed by atoms with Crippen molar-refractivity contribution in [2.24, 2.45) is 0 Å². The number of likely N-dealkylation sites (N-methyl/N-ethyl adjacent to an activating group) is 1. The first kappa shape index (κ1) is 18.1. The molecule has 1 aromatic heterocycles. The number of ether oxygens (including phenoxy) is 1. The van der Waals surface area contributed by atoms with Gasteiger partial charge >= 0.3 is 6.01 Å². The number of aromatic nitrogens is 2. The fourth-order valence-corrected chi connectivity index (χ4v) is 5.09. The minimum Gasteiger partial charge on any atom is -0.460 e. The monoisotopic (exact) mass is 368 g/mol. The molecule has 3 rings (SSSR count). The molecular formula is C16H24N4O4S. The lowest BCUT2D eigenvalue weighted by Gasteiger charge is -2.33. The molecule has 0 spiro atoms. The van der Waals surface area contributed by atoms with Crippen molar-refractivity contribution >= 4 is 15.7 Å². The summed E-state index contributed by atoms with van der Waals surface area (Å²) in [5, 5.41) is 0. The van der Waals surface area contributed by atoms with Crippen molar-refractivity contribution in [2.75, 3.05) is 38.2 Å². The van der Waals surface area contributed by atoms with Crippen LogP contribution in [0.25, 0.3) is 0 Å². The minimum atomic E-state index is -2.93. The van der Waals surface area contributed by atoms with Gasteiger partial charge in [0.1, 0.15) is 6.10 Å². The van der Waals surface area contributed by atoms with E-state index in [1.165, 1.54) is 0 Å². The average Bonchev–Trinajstić information content (AvgIpc) is 2.96. The van der Waals surface area contributed by atoms with Gasteiger partial charge in [0.25, 0.3) is 0 Å². The first-order valence-corrected chi connectivity index (χ1v) is 10.4. The van der Waals surface area contributed by atoms with Gasteiger partial charge in [-0.05, 0) is 19.5 Å². The first-order valence-electron chi connectivity index (χ1n) is 8.55. The molecule has 3 heterocycles. The highest BCUT2D eigenvalue weighted by atomic mass is 32.2. The number of carbonyl (C=O) groups excluding carboxylic acids is 1. The molecule has 8 nitrogen and oxygen atoms in total. The second kappa shape index (κ2) is 7.65. The van der Waals surface area contributed by atoms with Crippen molar-refractivity contribution in [3.05, 3.63) is 18.5 Å². The van der Waals surface area contributed by atoms with Crippen LogP contribution in [0.4, 0.5) is 0 Å². The summed E-state index contributed by atoms with van der Waals surface area (Å²) in [7, 11) is -1.11. The van der Waals surface area contributed by atoms with Crippen LogP contribution in [0.1, 0.15) is 19.3 Å². The predicted molar refractivity (Wildman–Crippen MR) is 92.0 cm³/mol. The van der Waals surface area contributed by atoms with Crippen molar-refractivity contribution in [2.45, 2.75) is 31.4 Å². The summed E-state index contributed by atoms with van der Waals surface area (Å²) in [5.41, 5.74) is 0. The van der Waals surface area contributed by atoms with Gasteiger partial charge in [0.05, 0.1) is 18.1 Å². The second-order valence-corrected chi connectivity index (χ2v) is 8.93. The van der Waals surface area contributed by atoms with Gasteiger partial charge in [0.2, 0.25) is 5.91 Å². The molecule has 0 aliphatic carbocycles. The van der Waals surface area contributed by atoms with Crippen molar-refractivity contribution in [1.82, 2.24) is 19.8 Å². The Morgan fingerprint density at radius 1 is 1.28 bits per heavy atom. The van der Waals surface area contributed by atoms with Crippen molar-refractivity contribution in [3.63, 3.8) is 0 Å². The highest BCUT2D eigenvalue weighted by molar-refractivity contribution is 7.91. The molecule has 2 aliphatic heterocycles. The molecule has 1 amide bonds. The Morgan fingerprint density at radius 2 is 1.96 bits per heavy atom. The zero-order valence-corrected chi connectivity index (χ0v) is 15.2. The van der Waals surface area contributed by atoms with E-state index in [-0.39, 0.29) is 36.1 Å². The van der Waals surface area contributed by atoms with Gasteiger partial charge in [-0.15, -0.1) is 0 Å². The Kier molecular flexibility index (Phi) is 5.53. The zero-order valence-electron chi connectivity index (χ0n) is 14.4. The third-order valence-electron chi connectivity index (χ3n) is 4.83. The number of hydrogen-bond acceptors (Lipinski definition) is 7. The topological polar surface area (TPSA) is 92.7 Å². The van der Waals surface area contributed by atoms with Crippen molar-refractivity contribution in [3.8, 4) is 6.01 Å². The summed E-state index contributed by atoms with van der Waals surface area (Å²) in [6, 6.07) is 2.06. The van der Waals surface area contributed by atoms with E-state index < -0.39 is 9.84 Å². The Morgan fingerprint density at radius 3 is 2.56 bits per heavy atom. The van der Waals surface area contributed by atoms with Crippen LogP contribution >= 0.6 is 0 Å². The Hall–Kier alpha value is -1.74. The molecule has 9 heteroatoms. The highest BCUT2D eigenvalue weighted by Crippen LogP contribution is 2.18. The number of likely N-dealkylation sites (tertiary alicyclic amines) is 1. The minimum absolute atomic E-state index is 0.0177. The van der Waals surface area contributed by atoms with Gasteiger partial charge in [0.15, 0.2) is 9.84 Å². The van der Waals surface area contributed by atoms with E-state index in [1.54, 1.807) is 18.5 Å². The molecule has 0 bridgehead atoms. The van der Waals surface area contributed by atoms with Gasteiger partial charge in [-0.1, -0.05) is 0 Å². The van der Waals surface area contributed by atoms with Crippen LogP contribution in [0.3, 0.4) is 0 Å². The lowest BCUT2D eigenvalue weighted by molar-refractivity contribution is -0.134. The summed E-state index contributed by atoms with van der Waals surface area (Å²) < 4.78 is 28.9. The maximum Gasteiger partial charge on any atom is 0.316 e. The van der Waals surface area contributed by atoms with Gasteiger partial charge in [0, 0.05) is 44.4 Å². The Bertz CT molecular complexity index is 689. The molecule has 2 saturated heterocycles. The normalized spacial score (nSPS) is 23.8. The van der Waals surface area contributed by atoms with Crippen molar-refractivity contribution < 1.29 is 17.9 Å². The summed E-state index contributed by atoms with van der Waals surface area (Å²) in [6.45, 7) is 1.52. The van der Waals surface area contributed by atoms with E-state index >= 15 is 0 Å². The average molecular weight is 368 g/mol. The Balaban J connectivity index is 1.44. The van der Waals surface area contributed by atoms with E-state index in [2.05, 4.69) is 9.97 Å². The molecule has 0 unspecified atom stereocenters. The molecule has 2 fully saturated rings. The number of piperidine rings is 1. The van der Waals surface area contributed by atoms with E-state index in [9.17, 15) is 13.2 Å².